The average Bonchev–Trinajstić information content (AvgIpc) is 2.72. The van der Waals surface area contributed by atoms with E-state index in [9.17, 15) is 14.0 Å². The van der Waals surface area contributed by atoms with Gasteiger partial charge in [0.25, 0.3) is 6.43 Å². The zero-order chi connectivity index (χ0) is 20.1. The number of nitrogens with zero attached hydrogens (tertiary/aromatic N) is 3. The Bertz CT molecular complexity index is 1010. The standard InChI is InChI=1S/C20H14ClF2N3OS/c1-27-14-5-3-13(4-6-14)17-8-15(19(22)23)16(9-24)20(26-17)28-11-12-2-7-18(21)25-10-12/h2-8,10,19H,11H2,1H3. The van der Waals surface area contributed by atoms with Crippen molar-refractivity contribution >= 4 is 23.4 Å². The van der Waals surface area contributed by atoms with E-state index in [1.807, 2.05) is 6.07 Å². The molecule has 3 rings (SSSR count). The van der Waals surface area contributed by atoms with E-state index in [1.54, 1.807) is 49.7 Å². The molecule has 8 heteroatoms. The first-order valence-electron chi connectivity index (χ1n) is 8.12. The molecular weight excluding hydrogens is 404 g/mol. The molecule has 28 heavy (non-hydrogen) atoms. The van der Waals surface area contributed by atoms with Crippen LogP contribution in [0.25, 0.3) is 11.3 Å². The number of halogens is 3. The van der Waals surface area contributed by atoms with Crippen molar-refractivity contribution in [1.29, 1.82) is 5.26 Å². The van der Waals surface area contributed by atoms with Crippen molar-refractivity contribution < 1.29 is 13.5 Å². The third kappa shape index (κ3) is 4.58. The number of hydrogen-bond donors (Lipinski definition) is 0. The molecule has 0 aliphatic rings. The topological polar surface area (TPSA) is 58.8 Å². The Morgan fingerprint density at radius 3 is 2.54 bits per heavy atom. The second-order valence-electron chi connectivity index (χ2n) is 5.70. The second-order valence-corrected chi connectivity index (χ2v) is 7.05. The maximum Gasteiger partial charge on any atom is 0.265 e. The van der Waals surface area contributed by atoms with Crippen LogP contribution in [0.5, 0.6) is 5.75 Å². The number of rotatable bonds is 6. The molecule has 0 atom stereocenters. The number of aromatic nitrogens is 2. The Balaban J connectivity index is 1.99. The molecule has 0 unspecified atom stereocenters. The smallest absolute Gasteiger partial charge is 0.265 e. The van der Waals surface area contributed by atoms with Gasteiger partial charge < -0.3 is 4.74 Å². The highest BCUT2D eigenvalue weighted by Crippen LogP contribution is 2.34. The molecule has 0 amide bonds. The number of hydrogen-bond acceptors (Lipinski definition) is 5. The van der Waals surface area contributed by atoms with Crippen LogP contribution >= 0.6 is 23.4 Å². The largest absolute Gasteiger partial charge is 0.497 e. The molecule has 142 valence electrons. The lowest BCUT2D eigenvalue weighted by atomic mass is 10.1. The van der Waals surface area contributed by atoms with E-state index in [2.05, 4.69) is 9.97 Å². The monoisotopic (exact) mass is 417 g/mol. The number of methoxy groups -OCH3 is 1. The van der Waals surface area contributed by atoms with Crippen LogP contribution in [0, 0.1) is 11.3 Å². The number of nitriles is 1. The predicted molar refractivity (Wildman–Crippen MR) is 105 cm³/mol. The third-order valence-electron chi connectivity index (χ3n) is 3.91. The van der Waals surface area contributed by atoms with E-state index in [0.29, 0.717) is 27.9 Å². The van der Waals surface area contributed by atoms with Gasteiger partial charge in [0.2, 0.25) is 0 Å². The fourth-order valence-corrected chi connectivity index (χ4v) is 3.54. The van der Waals surface area contributed by atoms with Crippen molar-refractivity contribution in [1.82, 2.24) is 9.97 Å². The summed E-state index contributed by atoms with van der Waals surface area (Å²) in [6, 6.07) is 13.5. The molecule has 0 N–H and O–H groups in total. The summed E-state index contributed by atoms with van der Waals surface area (Å²) in [6.07, 6.45) is -1.19. The first kappa shape index (κ1) is 20.1. The summed E-state index contributed by atoms with van der Waals surface area (Å²) in [6.45, 7) is 0. The maximum absolute atomic E-state index is 13.6. The Morgan fingerprint density at radius 2 is 1.96 bits per heavy atom. The maximum atomic E-state index is 13.6. The van der Waals surface area contributed by atoms with E-state index < -0.39 is 6.43 Å². The minimum atomic E-state index is -2.79. The fraction of sp³-hybridized carbons (Fsp3) is 0.150. The van der Waals surface area contributed by atoms with Crippen molar-refractivity contribution in [2.45, 2.75) is 17.2 Å². The summed E-state index contributed by atoms with van der Waals surface area (Å²) in [4.78, 5) is 8.46. The zero-order valence-corrected chi connectivity index (χ0v) is 16.3. The molecule has 0 aliphatic carbocycles. The van der Waals surface area contributed by atoms with E-state index >= 15 is 0 Å². The fourth-order valence-electron chi connectivity index (χ4n) is 2.48. The number of alkyl halides is 2. The lowest BCUT2D eigenvalue weighted by Crippen LogP contribution is -1.99. The first-order valence-corrected chi connectivity index (χ1v) is 9.49. The molecule has 0 spiro atoms. The molecule has 2 aromatic heterocycles. The van der Waals surface area contributed by atoms with Gasteiger partial charge >= 0.3 is 0 Å². The van der Waals surface area contributed by atoms with Crippen LogP contribution in [0.4, 0.5) is 8.78 Å². The lowest BCUT2D eigenvalue weighted by Gasteiger charge is -2.12. The first-order chi connectivity index (χ1) is 13.5. The van der Waals surface area contributed by atoms with Gasteiger partial charge in [-0.2, -0.15) is 5.26 Å². The number of thioether (sulfide) groups is 1. The van der Waals surface area contributed by atoms with Crippen molar-refractivity contribution in [3.8, 4) is 23.1 Å². The minimum absolute atomic E-state index is 0.112. The Labute approximate surface area is 170 Å². The molecule has 3 aromatic rings. The van der Waals surface area contributed by atoms with Crippen LogP contribution in [-0.2, 0) is 5.75 Å². The van der Waals surface area contributed by atoms with Crippen LogP contribution in [-0.4, -0.2) is 17.1 Å². The number of pyridine rings is 2. The third-order valence-corrected chi connectivity index (χ3v) is 5.18. The summed E-state index contributed by atoms with van der Waals surface area (Å²) in [5, 5.41) is 10.0. The molecule has 0 saturated heterocycles. The molecule has 1 aromatic carbocycles. The van der Waals surface area contributed by atoms with E-state index in [-0.39, 0.29) is 16.2 Å². The molecule has 2 heterocycles. The Kier molecular flexibility index (Phi) is 6.45. The number of benzene rings is 1. The molecule has 0 radical (unpaired) electrons. The van der Waals surface area contributed by atoms with Crippen molar-refractivity contribution in [2.24, 2.45) is 0 Å². The normalized spacial score (nSPS) is 10.7. The molecule has 0 fully saturated rings. The Hall–Kier alpha value is -2.69. The van der Waals surface area contributed by atoms with Gasteiger partial charge in [0.05, 0.1) is 18.4 Å². The highest BCUT2D eigenvalue weighted by atomic mass is 35.5. The van der Waals surface area contributed by atoms with Gasteiger partial charge in [0.15, 0.2) is 0 Å². The molecule has 0 saturated carbocycles. The lowest BCUT2D eigenvalue weighted by molar-refractivity contribution is 0.150. The van der Waals surface area contributed by atoms with E-state index in [4.69, 9.17) is 16.3 Å². The van der Waals surface area contributed by atoms with E-state index in [0.717, 1.165) is 5.56 Å². The van der Waals surface area contributed by atoms with Gasteiger partial charge in [-0.05, 0) is 42.0 Å². The molecule has 0 bridgehead atoms. The Morgan fingerprint density at radius 1 is 1.21 bits per heavy atom. The van der Waals surface area contributed by atoms with Gasteiger partial charge in [-0.15, -0.1) is 11.8 Å². The van der Waals surface area contributed by atoms with E-state index in [1.165, 1.54) is 17.8 Å². The minimum Gasteiger partial charge on any atom is -0.497 e. The van der Waals surface area contributed by atoms with Crippen LogP contribution < -0.4 is 4.74 Å². The SMILES string of the molecule is COc1ccc(-c2cc(C(F)F)c(C#N)c(SCc3ccc(Cl)nc3)n2)cc1. The van der Waals surface area contributed by atoms with Gasteiger partial charge in [0.1, 0.15) is 22.0 Å². The van der Waals surface area contributed by atoms with Crippen LogP contribution in [0.1, 0.15) is 23.1 Å². The van der Waals surface area contributed by atoms with Crippen LogP contribution in [0.3, 0.4) is 0 Å². The summed E-state index contributed by atoms with van der Waals surface area (Å²) in [7, 11) is 1.55. The number of ether oxygens (including phenoxy) is 1. The van der Waals surface area contributed by atoms with Gasteiger partial charge in [-0.3, -0.25) is 0 Å². The summed E-state index contributed by atoms with van der Waals surface area (Å²) in [5.74, 6) is 1.07. The summed E-state index contributed by atoms with van der Waals surface area (Å²) in [5.41, 5.74) is 1.42. The molecule has 0 aliphatic heterocycles. The van der Waals surface area contributed by atoms with Crippen molar-refractivity contribution in [2.75, 3.05) is 7.11 Å². The second kappa shape index (κ2) is 9.00. The summed E-state index contributed by atoms with van der Waals surface area (Å²) >= 11 is 6.98. The predicted octanol–water partition coefficient (Wildman–Crippen LogP) is 5.91. The van der Waals surface area contributed by atoms with Crippen molar-refractivity contribution in [3.05, 3.63) is 70.5 Å². The van der Waals surface area contributed by atoms with Gasteiger partial charge in [0, 0.05) is 23.1 Å². The molecular formula is C20H14ClF2N3OS. The van der Waals surface area contributed by atoms with Gasteiger partial charge in [-0.25, -0.2) is 18.7 Å². The molecule has 4 nitrogen and oxygen atoms in total. The summed E-state index contributed by atoms with van der Waals surface area (Å²) < 4.78 is 32.3. The quantitative estimate of drug-likeness (QED) is 0.368. The average molecular weight is 418 g/mol. The van der Waals surface area contributed by atoms with Crippen LogP contribution in [0.2, 0.25) is 5.15 Å². The zero-order valence-electron chi connectivity index (χ0n) is 14.7. The van der Waals surface area contributed by atoms with Crippen molar-refractivity contribution in [3.63, 3.8) is 0 Å². The highest BCUT2D eigenvalue weighted by molar-refractivity contribution is 7.98. The van der Waals surface area contributed by atoms with Gasteiger partial charge in [-0.1, -0.05) is 17.7 Å². The highest BCUT2D eigenvalue weighted by Gasteiger charge is 2.20. The van der Waals surface area contributed by atoms with Crippen LogP contribution in [0.15, 0.2) is 53.7 Å².